The fourth-order valence-electron chi connectivity index (χ4n) is 2.07. The van der Waals surface area contributed by atoms with Gasteiger partial charge in [-0.25, -0.2) is 0 Å². The zero-order valence-corrected chi connectivity index (χ0v) is 7.66. The van der Waals surface area contributed by atoms with Gasteiger partial charge in [0, 0.05) is 18.6 Å². The molecule has 1 heterocycles. The maximum atomic E-state index is 10.6. The Morgan fingerprint density at radius 1 is 1.38 bits per heavy atom. The molecule has 2 fully saturated rings. The second-order valence-electron chi connectivity index (χ2n) is 3.89. The summed E-state index contributed by atoms with van der Waals surface area (Å²) in [7, 11) is 0. The molecule has 0 aromatic rings. The molecule has 13 heavy (non-hydrogen) atoms. The number of aliphatic carboxylic acids is 1. The molecule has 1 N–H and O–H groups in total. The number of carboxylic acids is 1. The molecule has 4 nitrogen and oxygen atoms in total. The SMILES string of the molecule is O=C(O)CC1(N2CCOCC2)CC1. The van der Waals surface area contributed by atoms with E-state index in [-0.39, 0.29) is 5.54 Å². The minimum absolute atomic E-state index is 0.00435. The average Bonchev–Trinajstić information content (AvgIpc) is 2.86. The lowest BCUT2D eigenvalue weighted by molar-refractivity contribution is -0.139. The van der Waals surface area contributed by atoms with E-state index in [1.165, 1.54) is 0 Å². The standard InChI is InChI=1S/C9H15NO3/c11-8(12)7-9(1-2-9)10-3-5-13-6-4-10/h1-7H2,(H,11,12). The highest BCUT2D eigenvalue weighted by Gasteiger charge is 2.49. The molecule has 2 rings (SSSR count). The number of carbonyl (C=O) groups is 1. The van der Waals surface area contributed by atoms with Gasteiger partial charge in [-0.2, -0.15) is 0 Å². The van der Waals surface area contributed by atoms with Crippen LogP contribution in [0.3, 0.4) is 0 Å². The van der Waals surface area contributed by atoms with Crippen LogP contribution in [0.25, 0.3) is 0 Å². The normalized spacial score (nSPS) is 27.1. The number of carboxylic acid groups (broad SMARTS) is 1. The van der Waals surface area contributed by atoms with Crippen LogP contribution in [0.15, 0.2) is 0 Å². The summed E-state index contributed by atoms with van der Waals surface area (Å²) in [6, 6.07) is 0. The van der Waals surface area contributed by atoms with Gasteiger partial charge in [-0.1, -0.05) is 0 Å². The summed E-state index contributed by atoms with van der Waals surface area (Å²) in [6.07, 6.45) is 2.38. The molecule has 0 amide bonds. The van der Waals surface area contributed by atoms with Crippen molar-refractivity contribution in [2.75, 3.05) is 26.3 Å². The third-order valence-electron chi connectivity index (χ3n) is 2.99. The van der Waals surface area contributed by atoms with Gasteiger partial charge in [-0.3, -0.25) is 9.69 Å². The number of morpholine rings is 1. The summed E-state index contributed by atoms with van der Waals surface area (Å²) in [6.45, 7) is 3.29. The van der Waals surface area contributed by atoms with E-state index in [1.807, 2.05) is 0 Å². The first-order chi connectivity index (χ1) is 6.23. The Labute approximate surface area is 77.5 Å². The van der Waals surface area contributed by atoms with E-state index in [9.17, 15) is 4.79 Å². The van der Waals surface area contributed by atoms with Crippen molar-refractivity contribution in [1.29, 1.82) is 0 Å². The van der Waals surface area contributed by atoms with Crippen LogP contribution in [0.2, 0.25) is 0 Å². The topological polar surface area (TPSA) is 49.8 Å². The minimum Gasteiger partial charge on any atom is -0.481 e. The fraction of sp³-hybridized carbons (Fsp3) is 0.889. The number of hydrogen-bond donors (Lipinski definition) is 1. The summed E-state index contributed by atoms with van der Waals surface area (Å²) < 4.78 is 5.24. The summed E-state index contributed by atoms with van der Waals surface area (Å²) in [4.78, 5) is 12.9. The van der Waals surface area contributed by atoms with Crippen molar-refractivity contribution in [3.05, 3.63) is 0 Å². The molecular weight excluding hydrogens is 170 g/mol. The second kappa shape index (κ2) is 3.27. The molecule has 0 bridgehead atoms. The van der Waals surface area contributed by atoms with Crippen molar-refractivity contribution < 1.29 is 14.6 Å². The lowest BCUT2D eigenvalue weighted by Gasteiger charge is -2.33. The minimum atomic E-state index is -0.677. The van der Waals surface area contributed by atoms with Crippen LogP contribution < -0.4 is 0 Å². The molecule has 0 radical (unpaired) electrons. The Hall–Kier alpha value is -0.610. The van der Waals surface area contributed by atoms with Crippen molar-refractivity contribution in [3.63, 3.8) is 0 Å². The van der Waals surface area contributed by atoms with Crippen LogP contribution in [-0.4, -0.2) is 47.8 Å². The Bertz CT molecular complexity index is 207. The predicted octanol–water partition coefficient (Wildman–Crippen LogP) is 0.326. The van der Waals surface area contributed by atoms with Crippen molar-refractivity contribution >= 4 is 5.97 Å². The largest absolute Gasteiger partial charge is 0.481 e. The molecule has 1 saturated carbocycles. The van der Waals surface area contributed by atoms with Crippen molar-refractivity contribution in [2.45, 2.75) is 24.8 Å². The smallest absolute Gasteiger partial charge is 0.305 e. The number of nitrogens with zero attached hydrogens (tertiary/aromatic N) is 1. The van der Waals surface area contributed by atoms with Crippen LogP contribution in [-0.2, 0) is 9.53 Å². The maximum absolute atomic E-state index is 10.6. The van der Waals surface area contributed by atoms with Gasteiger partial charge in [0.25, 0.3) is 0 Å². The number of hydrogen-bond acceptors (Lipinski definition) is 3. The zero-order chi connectivity index (χ0) is 9.31. The monoisotopic (exact) mass is 185 g/mol. The first kappa shape index (κ1) is 8.97. The van der Waals surface area contributed by atoms with E-state index >= 15 is 0 Å². The van der Waals surface area contributed by atoms with Crippen LogP contribution in [0.4, 0.5) is 0 Å². The van der Waals surface area contributed by atoms with Gasteiger partial charge in [0.2, 0.25) is 0 Å². The second-order valence-corrected chi connectivity index (χ2v) is 3.89. The molecule has 1 aliphatic carbocycles. The highest BCUT2D eigenvalue weighted by atomic mass is 16.5. The Kier molecular flexibility index (Phi) is 2.26. The van der Waals surface area contributed by atoms with E-state index in [1.54, 1.807) is 0 Å². The highest BCUT2D eigenvalue weighted by molar-refractivity contribution is 5.69. The highest BCUT2D eigenvalue weighted by Crippen LogP contribution is 2.44. The number of rotatable bonds is 3. The molecule has 2 aliphatic rings. The lowest BCUT2D eigenvalue weighted by atomic mass is 10.1. The quantitative estimate of drug-likeness (QED) is 0.688. The van der Waals surface area contributed by atoms with Crippen molar-refractivity contribution in [1.82, 2.24) is 4.90 Å². The van der Waals surface area contributed by atoms with E-state index < -0.39 is 5.97 Å². The summed E-state index contributed by atoms with van der Waals surface area (Å²) in [5, 5.41) is 8.76. The Balaban J connectivity index is 1.93. The molecule has 0 spiro atoms. The van der Waals surface area contributed by atoms with Gasteiger partial charge in [-0.15, -0.1) is 0 Å². The molecule has 0 aromatic heterocycles. The third kappa shape index (κ3) is 1.84. The first-order valence-electron chi connectivity index (χ1n) is 4.78. The van der Waals surface area contributed by atoms with Crippen LogP contribution in [0.5, 0.6) is 0 Å². The van der Waals surface area contributed by atoms with Gasteiger partial charge >= 0.3 is 5.97 Å². The average molecular weight is 185 g/mol. The van der Waals surface area contributed by atoms with Crippen LogP contribution >= 0.6 is 0 Å². The van der Waals surface area contributed by atoms with Crippen LogP contribution in [0, 0.1) is 0 Å². The summed E-state index contributed by atoms with van der Waals surface area (Å²) in [5.41, 5.74) is -0.00435. The molecule has 0 unspecified atom stereocenters. The molecule has 0 atom stereocenters. The van der Waals surface area contributed by atoms with Crippen LogP contribution in [0.1, 0.15) is 19.3 Å². The zero-order valence-electron chi connectivity index (χ0n) is 7.66. The molecule has 0 aromatic carbocycles. The van der Waals surface area contributed by atoms with Gasteiger partial charge in [-0.05, 0) is 12.8 Å². The molecule has 74 valence electrons. The van der Waals surface area contributed by atoms with Gasteiger partial charge in [0.15, 0.2) is 0 Å². The van der Waals surface area contributed by atoms with E-state index in [4.69, 9.17) is 9.84 Å². The lowest BCUT2D eigenvalue weighted by Crippen LogP contribution is -2.46. The van der Waals surface area contributed by atoms with Crippen molar-refractivity contribution in [3.8, 4) is 0 Å². The molecule has 4 heteroatoms. The predicted molar refractivity (Wildman–Crippen MR) is 46.6 cm³/mol. The van der Waals surface area contributed by atoms with Gasteiger partial charge in [0.1, 0.15) is 0 Å². The maximum Gasteiger partial charge on any atom is 0.305 e. The third-order valence-corrected chi connectivity index (χ3v) is 2.99. The summed E-state index contributed by atoms with van der Waals surface area (Å²) >= 11 is 0. The van der Waals surface area contributed by atoms with E-state index in [0.717, 1.165) is 39.1 Å². The summed E-state index contributed by atoms with van der Waals surface area (Å²) in [5.74, 6) is -0.677. The molecule has 1 aliphatic heterocycles. The van der Waals surface area contributed by atoms with Crippen molar-refractivity contribution in [2.24, 2.45) is 0 Å². The van der Waals surface area contributed by atoms with E-state index in [0.29, 0.717) is 6.42 Å². The fourth-order valence-corrected chi connectivity index (χ4v) is 2.07. The molecule has 1 saturated heterocycles. The molecular formula is C9H15NO3. The van der Waals surface area contributed by atoms with Gasteiger partial charge < -0.3 is 9.84 Å². The van der Waals surface area contributed by atoms with E-state index in [2.05, 4.69) is 4.90 Å². The van der Waals surface area contributed by atoms with Gasteiger partial charge in [0.05, 0.1) is 19.6 Å². The first-order valence-corrected chi connectivity index (χ1v) is 4.78. The number of ether oxygens (including phenoxy) is 1. The Morgan fingerprint density at radius 2 is 2.00 bits per heavy atom. The Morgan fingerprint density at radius 3 is 2.46 bits per heavy atom.